The number of carbonyl (C=O) groups is 2. The minimum atomic E-state index is -0.531. The largest absolute Gasteiger partial charge is 0.486 e. The van der Waals surface area contributed by atoms with Gasteiger partial charge in [-0.15, -0.1) is 0 Å². The van der Waals surface area contributed by atoms with E-state index in [4.69, 9.17) is 33.3 Å². The number of para-hydroxylation sites is 1. The first-order valence-corrected chi connectivity index (χ1v) is 11.2. The maximum Gasteiger partial charge on any atom is 0.373 e. The van der Waals surface area contributed by atoms with E-state index in [2.05, 4.69) is 4.90 Å². The molecule has 1 saturated heterocycles. The van der Waals surface area contributed by atoms with Gasteiger partial charge < -0.3 is 33.6 Å². The van der Waals surface area contributed by atoms with E-state index in [1.165, 1.54) is 7.11 Å². The molecule has 1 saturated carbocycles. The zero-order valence-corrected chi connectivity index (χ0v) is 18.9. The highest BCUT2D eigenvalue weighted by atomic mass is 16.6. The van der Waals surface area contributed by atoms with Crippen LogP contribution in [-0.2, 0) is 16.1 Å². The van der Waals surface area contributed by atoms with Crippen LogP contribution in [0.1, 0.15) is 29.2 Å². The molecule has 0 bridgehead atoms. The predicted octanol–water partition coefficient (Wildman–Crippen LogP) is 2.19. The summed E-state index contributed by atoms with van der Waals surface area (Å²) in [7, 11) is 1.34. The number of ether oxygens (including phenoxy) is 4. The summed E-state index contributed by atoms with van der Waals surface area (Å²) in [6.45, 7) is 3.19. The van der Waals surface area contributed by atoms with E-state index in [1.54, 1.807) is 6.07 Å². The minimum Gasteiger partial charge on any atom is -0.486 e. The first-order chi connectivity index (χ1) is 16.5. The van der Waals surface area contributed by atoms with E-state index in [0.717, 1.165) is 25.3 Å². The summed E-state index contributed by atoms with van der Waals surface area (Å²) in [5.74, 6) is 3.26. The normalized spacial score (nSPS) is 25.5. The summed E-state index contributed by atoms with van der Waals surface area (Å²) in [5.41, 5.74) is 0. The summed E-state index contributed by atoms with van der Waals surface area (Å²) in [5, 5.41) is 17.7. The van der Waals surface area contributed by atoms with Crippen molar-refractivity contribution in [2.24, 2.45) is 11.8 Å². The van der Waals surface area contributed by atoms with E-state index in [0.29, 0.717) is 55.3 Å². The maximum absolute atomic E-state index is 11.6. The standard InChI is InChI=1S/C23H27NO7.CH2O2/c1-27-23(26)20-6-5-16(30-20)13-24-11-14-9-17(25)21(10-15(14)12-24)31-19-4-2-3-18-22(19)29-8-7-28-18;2-1-3/h2-6,14-15,17,21,25H,7-13H2,1H3;1H,(H,2,3)/t14-,15+,17+,21+;/m0./s1. The van der Waals surface area contributed by atoms with Crippen LogP contribution in [0, 0.1) is 11.8 Å². The molecule has 184 valence electrons. The van der Waals surface area contributed by atoms with Crippen molar-refractivity contribution in [3.8, 4) is 17.2 Å². The number of hydrogen-bond donors (Lipinski definition) is 2. The Hall–Kier alpha value is -3.24. The SMILES string of the molecule is COC(=O)c1ccc(CN2C[C@H]3C[C@@H](Oc4cccc5c4OCCO5)[C@H](O)C[C@H]3C2)o1.O=CO. The Morgan fingerprint density at radius 3 is 2.65 bits per heavy atom. The average Bonchev–Trinajstić information content (AvgIpc) is 3.46. The van der Waals surface area contributed by atoms with E-state index >= 15 is 0 Å². The number of rotatable bonds is 5. The van der Waals surface area contributed by atoms with Gasteiger partial charge in [0.25, 0.3) is 6.47 Å². The van der Waals surface area contributed by atoms with Gasteiger partial charge in [-0.3, -0.25) is 9.69 Å². The fourth-order valence-corrected chi connectivity index (χ4v) is 4.94. The average molecular weight is 475 g/mol. The monoisotopic (exact) mass is 475 g/mol. The Bertz CT molecular complexity index is 991. The van der Waals surface area contributed by atoms with Crippen LogP contribution >= 0.6 is 0 Å². The molecular weight excluding hydrogens is 446 g/mol. The molecule has 0 amide bonds. The first-order valence-electron chi connectivity index (χ1n) is 11.2. The summed E-state index contributed by atoms with van der Waals surface area (Å²) in [6.07, 6.45) is 0.659. The summed E-state index contributed by atoms with van der Waals surface area (Å²) < 4.78 is 27.9. The van der Waals surface area contributed by atoms with Crippen LogP contribution in [0.25, 0.3) is 0 Å². The number of likely N-dealkylation sites (tertiary alicyclic amines) is 1. The van der Waals surface area contributed by atoms with Crippen LogP contribution in [-0.4, -0.2) is 73.2 Å². The quantitative estimate of drug-likeness (QED) is 0.491. The molecule has 10 heteroatoms. The van der Waals surface area contributed by atoms with Crippen molar-refractivity contribution in [1.29, 1.82) is 0 Å². The van der Waals surface area contributed by atoms with E-state index < -0.39 is 12.1 Å². The number of carboxylic acid groups (broad SMARTS) is 1. The lowest BCUT2D eigenvalue weighted by molar-refractivity contribution is -0.122. The molecule has 1 aromatic carbocycles. The molecule has 34 heavy (non-hydrogen) atoms. The smallest absolute Gasteiger partial charge is 0.373 e. The number of aliphatic hydroxyl groups excluding tert-OH is 1. The number of aliphatic hydroxyl groups is 1. The van der Waals surface area contributed by atoms with Crippen molar-refractivity contribution in [2.75, 3.05) is 33.4 Å². The number of hydrogen-bond acceptors (Lipinski definition) is 9. The van der Waals surface area contributed by atoms with Gasteiger partial charge in [-0.25, -0.2) is 4.79 Å². The molecule has 0 radical (unpaired) electrons. The number of benzene rings is 1. The van der Waals surface area contributed by atoms with Crippen LogP contribution in [0.3, 0.4) is 0 Å². The third kappa shape index (κ3) is 5.28. The third-order valence-corrected chi connectivity index (χ3v) is 6.40. The van der Waals surface area contributed by atoms with Crippen molar-refractivity contribution < 1.29 is 43.2 Å². The molecule has 3 heterocycles. The van der Waals surface area contributed by atoms with Crippen molar-refractivity contribution in [3.63, 3.8) is 0 Å². The van der Waals surface area contributed by atoms with E-state index in [-0.39, 0.29) is 18.3 Å². The van der Waals surface area contributed by atoms with Crippen LogP contribution in [0.5, 0.6) is 17.2 Å². The Morgan fingerprint density at radius 2 is 1.88 bits per heavy atom. The number of fused-ring (bicyclic) bond motifs is 2. The van der Waals surface area contributed by atoms with Crippen LogP contribution < -0.4 is 14.2 Å². The molecule has 5 rings (SSSR count). The van der Waals surface area contributed by atoms with Crippen LogP contribution in [0.15, 0.2) is 34.7 Å². The lowest BCUT2D eigenvalue weighted by Gasteiger charge is -2.35. The fraction of sp³-hybridized carbons (Fsp3) is 0.500. The highest BCUT2D eigenvalue weighted by Crippen LogP contribution is 2.43. The number of carbonyl (C=O) groups excluding carboxylic acids is 1. The van der Waals surface area contributed by atoms with Crippen molar-refractivity contribution in [2.45, 2.75) is 31.6 Å². The number of methoxy groups -OCH3 is 1. The van der Waals surface area contributed by atoms with E-state index in [1.807, 2.05) is 24.3 Å². The highest BCUT2D eigenvalue weighted by molar-refractivity contribution is 5.86. The molecule has 2 aliphatic heterocycles. The van der Waals surface area contributed by atoms with Gasteiger partial charge in [0.15, 0.2) is 11.5 Å². The molecule has 1 aromatic heterocycles. The van der Waals surface area contributed by atoms with Crippen LogP contribution in [0.4, 0.5) is 0 Å². The lowest BCUT2D eigenvalue weighted by Crippen LogP contribution is -2.42. The highest BCUT2D eigenvalue weighted by Gasteiger charge is 2.43. The predicted molar refractivity (Wildman–Crippen MR) is 118 cm³/mol. The summed E-state index contributed by atoms with van der Waals surface area (Å²) in [4.78, 5) is 22.3. The van der Waals surface area contributed by atoms with Crippen molar-refractivity contribution in [3.05, 3.63) is 41.9 Å². The van der Waals surface area contributed by atoms with Gasteiger partial charge in [0, 0.05) is 13.1 Å². The minimum absolute atomic E-state index is 0.218. The molecule has 4 atom stereocenters. The van der Waals surface area contributed by atoms with Gasteiger partial charge in [0.1, 0.15) is 25.1 Å². The van der Waals surface area contributed by atoms with Gasteiger partial charge in [-0.05, 0) is 48.9 Å². The zero-order valence-electron chi connectivity index (χ0n) is 18.9. The second kappa shape index (κ2) is 10.8. The molecule has 10 nitrogen and oxygen atoms in total. The molecular formula is C24H29NO9. The van der Waals surface area contributed by atoms with Crippen molar-refractivity contribution >= 4 is 12.4 Å². The van der Waals surface area contributed by atoms with Gasteiger partial charge in [-0.1, -0.05) is 6.07 Å². The Labute approximate surface area is 197 Å². The molecule has 0 unspecified atom stereocenters. The van der Waals surface area contributed by atoms with Crippen molar-refractivity contribution in [1.82, 2.24) is 4.90 Å². The summed E-state index contributed by atoms with van der Waals surface area (Å²) in [6, 6.07) is 9.07. The van der Waals surface area contributed by atoms with Gasteiger partial charge in [0.05, 0.1) is 19.8 Å². The second-order valence-electron chi connectivity index (χ2n) is 8.55. The fourth-order valence-electron chi connectivity index (χ4n) is 4.94. The second-order valence-corrected chi connectivity index (χ2v) is 8.55. The van der Waals surface area contributed by atoms with Gasteiger partial charge in [0.2, 0.25) is 11.5 Å². The molecule has 1 aliphatic carbocycles. The van der Waals surface area contributed by atoms with E-state index in [9.17, 15) is 9.90 Å². The number of nitrogens with zero attached hydrogens (tertiary/aromatic N) is 1. The Kier molecular flexibility index (Phi) is 7.59. The Balaban J connectivity index is 0.000000868. The molecule has 0 spiro atoms. The molecule has 2 aromatic rings. The Morgan fingerprint density at radius 1 is 1.15 bits per heavy atom. The molecule has 2 fully saturated rings. The molecule has 3 aliphatic rings. The topological polar surface area (TPSA) is 128 Å². The maximum atomic E-state index is 11.6. The van der Waals surface area contributed by atoms with Gasteiger partial charge >= 0.3 is 5.97 Å². The zero-order chi connectivity index (χ0) is 24.1. The third-order valence-electron chi connectivity index (χ3n) is 6.40. The van der Waals surface area contributed by atoms with Gasteiger partial charge in [-0.2, -0.15) is 0 Å². The first kappa shape index (κ1) is 23.9. The van der Waals surface area contributed by atoms with Crippen LogP contribution in [0.2, 0.25) is 0 Å². The number of furan rings is 1. The molecule has 2 N–H and O–H groups in total. The summed E-state index contributed by atoms with van der Waals surface area (Å²) >= 11 is 0. The number of esters is 1. The lowest BCUT2D eigenvalue weighted by atomic mass is 9.78.